The van der Waals surface area contributed by atoms with Gasteiger partial charge in [0.2, 0.25) is 5.91 Å². The third-order valence-corrected chi connectivity index (χ3v) is 7.04. The van der Waals surface area contributed by atoms with Gasteiger partial charge >= 0.3 is 0 Å². The number of rotatable bonds is 7. The van der Waals surface area contributed by atoms with E-state index in [4.69, 9.17) is 4.74 Å². The molecule has 0 saturated heterocycles. The van der Waals surface area contributed by atoms with Gasteiger partial charge in [-0.2, -0.15) is 0 Å². The summed E-state index contributed by atoms with van der Waals surface area (Å²) in [5.74, 6) is -0.184. The van der Waals surface area contributed by atoms with E-state index >= 15 is 0 Å². The molecule has 0 saturated carbocycles. The summed E-state index contributed by atoms with van der Waals surface area (Å²) >= 11 is 0. The molecule has 0 spiro atoms. The maximum atomic E-state index is 12.9. The lowest BCUT2D eigenvalue weighted by Crippen LogP contribution is -2.17. The molecule has 3 N–H and O–H groups in total. The number of phenols is 1. The van der Waals surface area contributed by atoms with Crippen LogP contribution < -0.4 is 14.8 Å². The summed E-state index contributed by atoms with van der Waals surface area (Å²) in [6.45, 7) is 0. The molecular formula is C25H26N2O5S. The molecule has 0 unspecified atom stereocenters. The number of amides is 1. The van der Waals surface area contributed by atoms with Crippen molar-refractivity contribution in [2.75, 3.05) is 17.1 Å². The lowest BCUT2D eigenvalue weighted by atomic mass is 9.90. The number of ether oxygens (including phenoxy) is 1. The number of nitrogens with one attached hydrogen (secondary N) is 2. The predicted molar refractivity (Wildman–Crippen MR) is 127 cm³/mol. The van der Waals surface area contributed by atoms with Crippen molar-refractivity contribution in [2.45, 2.75) is 37.0 Å². The molecule has 33 heavy (non-hydrogen) atoms. The number of phenolic OH excluding ortho intramolecular Hbond substituents is 1. The smallest absolute Gasteiger partial charge is 0.262 e. The first kappa shape index (κ1) is 22.7. The molecule has 1 aliphatic carbocycles. The van der Waals surface area contributed by atoms with Gasteiger partial charge in [-0.3, -0.25) is 9.52 Å². The first-order chi connectivity index (χ1) is 15.9. The zero-order valence-corrected chi connectivity index (χ0v) is 19.1. The van der Waals surface area contributed by atoms with E-state index in [0.717, 1.165) is 24.8 Å². The lowest BCUT2D eigenvalue weighted by molar-refractivity contribution is -0.115. The molecule has 8 heteroatoms. The van der Waals surface area contributed by atoms with Gasteiger partial charge in [-0.05, 0) is 72.7 Å². The summed E-state index contributed by atoms with van der Waals surface area (Å²) in [6.07, 6.45) is 4.56. The maximum absolute atomic E-state index is 12.9. The Labute approximate surface area is 193 Å². The molecule has 0 atom stereocenters. The van der Waals surface area contributed by atoms with Gasteiger partial charge in [0, 0.05) is 0 Å². The number of anilines is 2. The second-order valence-electron chi connectivity index (χ2n) is 8.02. The van der Waals surface area contributed by atoms with Gasteiger partial charge in [0.05, 0.1) is 29.8 Å². The van der Waals surface area contributed by atoms with Crippen LogP contribution in [0, 0.1) is 0 Å². The number of methoxy groups -OCH3 is 1. The summed E-state index contributed by atoms with van der Waals surface area (Å²) in [5.41, 5.74) is 3.81. The molecule has 0 bridgehead atoms. The second-order valence-corrected chi connectivity index (χ2v) is 9.70. The highest BCUT2D eigenvalue weighted by atomic mass is 32.2. The monoisotopic (exact) mass is 466 g/mol. The molecule has 172 valence electrons. The van der Waals surface area contributed by atoms with E-state index in [1.165, 1.54) is 42.9 Å². The van der Waals surface area contributed by atoms with Crippen molar-refractivity contribution in [3.63, 3.8) is 0 Å². The minimum absolute atomic E-state index is 0.0286. The average molecular weight is 467 g/mol. The van der Waals surface area contributed by atoms with Crippen LogP contribution in [0.15, 0.2) is 65.6 Å². The minimum Gasteiger partial charge on any atom is -0.506 e. The van der Waals surface area contributed by atoms with Crippen LogP contribution in [0.2, 0.25) is 0 Å². The molecule has 1 aliphatic rings. The van der Waals surface area contributed by atoms with Crippen molar-refractivity contribution >= 4 is 27.3 Å². The number of fused-ring (bicyclic) bond motifs is 1. The standard InChI is InChI=1S/C25H26N2O5S/c1-32-24-9-5-4-8-21(24)27-33(30,31)20-12-13-23(28)22(16-20)26-25(29)15-17-10-11-18-6-2-3-7-19(18)14-17/h4-5,8-14,16,27-28H,2-3,6-7,15H2,1H3,(H,26,29). The zero-order valence-electron chi connectivity index (χ0n) is 18.3. The first-order valence-corrected chi connectivity index (χ1v) is 12.2. The number of sulfonamides is 1. The number of carbonyl (C=O) groups is 1. The van der Waals surface area contributed by atoms with E-state index in [2.05, 4.69) is 22.2 Å². The fraction of sp³-hybridized carbons (Fsp3) is 0.240. The fourth-order valence-electron chi connectivity index (χ4n) is 3.99. The van der Waals surface area contributed by atoms with E-state index < -0.39 is 10.0 Å². The molecule has 1 amide bonds. The van der Waals surface area contributed by atoms with E-state index in [1.807, 2.05) is 6.07 Å². The van der Waals surface area contributed by atoms with Crippen molar-refractivity contribution in [3.8, 4) is 11.5 Å². The molecule has 3 aromatic rings. The predicted octanol–water partition coefficient (Wildman–Crippen LogP) is 4.26. The highest BCUT2D eigenvalue weighted by Crippen LogP contribution is 2.30. The fourth-order valence-corrected chi connectivity index (χ4v) is 5.09. The van der Waals surface area contributed by atoms with E-state index in [0.29, 0.717) is 5.75 Å². The maximum Gasteiger partial charge on any atom is 0.262 e. The van der Waals surface area contributed by atoms with E-state index in [1.54, 1.807) is 24.3 Å². The van der Waals surface area contributed by atoms with Crippen molar-refractivity contribution in [2.24, 2.45) is 0 Å². The van der Waals surface area contributed by atoms with Crippen molar-refractivity contribution in [1.29, 1.82) is 0 Å². The van der Waals surface area contributed by atoms with Gasteiger partial charge in [-0.15, -0.1) is 0 Å². The topological polar surface area (TPSA) is 105 Å². The highest BCUT2D eigenvalue weighted by molar-refractivity contribution is 7.92. The highest BCUT2D eigenvalue weighted by Gasteiger charge is 2.19. The first-order valence-electron chi connectivity index (χ1n) is 10.7. The van der Waals surface area contributed by atoms with Crippen LogP contribution in [0.25, 0.3) is 0 Å². The lowest BCUT2D eigenvalue weighted by Gasteiger charge is -2.16. The van der Waals surface area contributed by atoms with Crippen LogP contribution in [0.1, 0.15) is 29.5 Å². The van der Waals surface area contributed by atoms with Crippen LogP contribution in [0.3, 0.4) is 0 Å². The van der Waals surface area contributed by atoms with Crippen LogP contribution in [-0.2, 0) is 34.1 Å². The molecule has 3 aromatic carbocycles. The molecule has 0 aliphatic heterocycles. The normalized spacial score (nSPS) is 13.1. The Hall–Kier alpha value is -3.52. The van der Waals surface area contributed by atoms with E-state index in [9.17, 15) is 18.3 Å². The molecule has 0 fully saturated rings. The number of hydrogen-bond acceptors (Lipinski definition) is 5. The average Bonchev–Trinajstić information content (AvgIpc) is 2.80. The van der Waals surface area contributed by atoms with Gasteiger partial charge in [-0.25, -0.2) is 8.42 Å². The number of carbonyl (C=O) groups excluding carboxylic acids is 1. The molecule has 4 rings (SSSR count). The summed E-state index contributed by atoms with van der Waals surface area (Å²) in [5, 5.41) is 12.8. The number of hydrogen-bond donors (Lipinski definition) is 3. The summed E-state index contributed by atoms with van der Waals surface area (Å²) in [7, 11) is -2.53. The second kappa shape index (κ2) is 9.54. The van der Waals surface area contributed by atoms with Crippen LogP contribution in [0.5, 0.6) is 11.5 Å². The Morgan fingerprint density at radius 1 is 0.970 bits per heavy atom. The molecule has 0 heterocycles. The quantitative estimate of drug-likeness (QED) is 0.451. The Balaban J connectivity index is 1.50. The minimum atomic E-state index is -3.98. The summed E-state index contributed by atoms with van der Waals surface area (Å²) < 4.78 is 33.4. The Kier molecular flexibility index (Phi) is 6.55. The van der Waals surface area contributed by atoms with E-state index in [-0.39, 0.29) is 34.3 Å². The largest absolute Gasteiger partial charge is 0.506 e. The Morgan fingerprint density at radius 2 is 1.73 bits per heavy atom. The third-order valence-electron chi connectivity index (χ3n) is 5.68. The zero-order chi connectivity index (χ0) is 23.4. The summed E-state index contributed by atoms with van der Waals surface area (Å²) in [6, 6.07) is 16.5. The Morgan fingerprint density at radius 3 is 2.52 bits per heavy atom. The van der Waals surface area contributed by atoms with Crippen molar-refractivity contribution < 1.29 is 23.1 Å². The number of aryl methyl sites for hydroxylation is 2. The van der Waals surface area contributed by atoms with Gasteiger partial charge in [-0.1, -0.05) is 30.3 Å². The molecule has 7 nitrogen and oxygen atoms in total. The summed E-state index contributed by atoms with van der Waals surface area (Å²) in [4.78, 5) is 12.5. The van der Waals surface area contributed by atoms with Gasteiger partial charge in [0.25, 0.3) is 10.0 Å². The molecular weight excluding hydrogens is 440 g/mol. The number of para-hydroxylation sites is 2. The number of aromatic hydroxyl groups is 1. The van der Waals surface area contributed by atoms with Gasteiger partial charge in [0.1, 0.15) is 11.5 Å². The Bertz CT molecular complexity index is 1290. The van der Waals surface area contributed by atoms with Crippen LogP contribution >= 0.6 is 0 Å². The van der Waals surface area contributed by atoms with Crippen LogP contribution in [-0.4, -0.2) is 26.5 Å². The molecule has 0 aromatic heterocycles. The van der Waals surface area contributed by atoms with Gasteiger partial charge in [0.15, 0.2) is 0 Å². The van der Waals surface area contributed by atoms with Crippen LogP contribution in [0.4, 0.5) is 11.4 Å². The number of benzene rings is 3. The van der Waals surface area contributed by atoms with Crippen molar-refractivity contribution in [3.05, 3.63) is 77.4 Å². The third kappa shape index (κ3) is 5.28. The van der Waals surface area contributed by atoms with Crippen molar-refractivity contribution in [1.82, 2.24) is 0 Å². The van der Waals surface area contributed by atoms with Gasteiger partial charge < -0.3 is 15.2 Å². The molecule has 0 radical (unpaired) electrons. The SMILES string of the molecule is COc1ccccc1NS(=O)(=O)c1ccc(O)c(NC(=O)Cc2ccc3c(c2)CCCC3)c1.